The Morgan fingerprint density at radius 2 is 2.12 bits per heavy atom. The van der Waals surface area contributed by atoms with E-state index in [4.69, 9.17) is 16.6 Å². The van der Waals surface area contributed by atoms with Crippen LogP contribution in [0.25, 0.3) is 0 Å². The minimum Gasteiger partial charge on any atom is -0.480 e. The molecule has 2 unspecified atom stereocenters. The molecule has 8 nitrogen and oxygen atoms in total. The van der Waals surface area contributed by atoms with Crippen LogP contribution in [0.3, 0.4) is 0 Å². The van der Waals surface area contributed by atoms with E-state index in [9.17, 15) is 14.4 Å². The van der Waals surface area contributed by atoms with Gasteiger partial charge >= 0.3 is 12.0 Å². The van der Waals surface area contributed by atoms with Gasteiger partial charge in [0, 0.05) is 19.1 Å². The molecule has 0 radical (unpaired) electrons. The largest absolute Gasteiger partial charge is 0.480 e. The number of amides is 3. The van der Waals surface area contributed by atoms with Crippen molar-refractivity contribution in [3.8, 4) is 0 Å². The number of aliphatic carboxylic acids is 1. The average molecular weight is 244 g/mol. The van der Waals surface area contributed by atoms with E-state index >= 15 is 0 Å². The summed E-state index contributed by atoms with van der Waals surface area (Å²) < 4.78 is 0. The second-order valence-corrected chi connectivity index (χ2v) is 4.01. The van der Waals surface area contributed by atoms with Gasteiger partial charge in [-0.15, -0.1) is 0 Å². The number of carbonyl (C=O) groups is 3. The van der Waals surface area contributed by atoms with Gasteiger partial charge in [0.1, 0.15) is 6.04 Å². The summed E-state index contributed by atoms with van der Waals surface area (Å²) in [6.07, 6.45) is 0.252. The van der Waals surface area contributed by atoms with Crippen LogP contribution in [-0.2, 0) is 9.59 Å². The standard InChI is InChI=1S/C9H16N4O4/c10-5-1-2-13(4-5)9(17)12-6(8(15)16)3-7(11)14/h5-6H,1-4,10H2,(H2,11,14)(H,12,17)(H,15,16). The lowest BCUT2D eigenvalue weighted by Crippen LogP contribution is -2.49. The molecule has 1 rings (SSSR count). The van der Waals surface area contributed by atoms with E-state index < -0.39 is 30.4 Å². The molecule has 2 atom stereocenters. The molecule has 0 saturated carbocycles. The van der Waals surface area contributed by atoms with Gasteiger partial charge in [-0.05, 0) is 6.42 Å². The van der Waals surface area contributed by atoms with Gasteiger partial charge in [0.05, 0.1) is 6.42 Å². The molecule has 6 N–H and O–H groups in total. The number of urea groups is 1. The molecule has 0 aromatic heterocycles. The summed E-state index contributed by atoms with van der Waals surface area (Å²) in [5.74, 6) is -2.07. The third-order valence-corrected chi connectivity index (χ3v) is 2.51. The van der Waals surface area contributed by atoms with Crippen LogP contribution >= 0.6 is 0 Å². The maximum atomic E-state index is 11.6. The number of likely N-dealkylation sites (tertiary alicyclic amines) is 1. The number of carbonyl (C=O) groups excluding carboxylic acids is 2. The van der Waals surface area contributed by atoms with Crippen molar-refractivity contribution in [2.45, 2.75) is 24.9 Å². The van der Waals surface area contributed by atoms with Crippen molar-refractivity contribution in [3.63, 3.8) is 0 Å². The maximum absolute atomic E-state index is 11.6. The predicted molar refractivity (Wildman–Crippen MR) is 57.9 cm³/mol. The first-order valence-electron chi connectivity index (χ1n) is 5.22. The molecule has 1 saturated heterocycles. The lowest BCUT2D eigenvalue weighted by Gasteiger charge is -2.20. The van der Waals surface area contributed by atoms with Crippen LogP contribution in [0.15, 0.2) is 0 Å². The Labute approximate surface area is 97.9 Å². The van der Waals surface area contributed by atoms with E-state index in [0.29, 0.717) is 19.5 Å². The highest BCUT2D eigenvalue weighted by atomic mass is 16.4. The lowest BCUT2D eigenvalue weighted by atomic mass is 10.2. The van der Waals surface area contributed by atoms with Crippen LogP contribution in [0, 0.1) is 0 Å². The fourth-order valence-corrected chi connectivity index (χ4v) is 1.61. The molecule has 0 spiro atoms. The van der Waals surface area contributed by atoms with E-state index in [2.05, 4.69) is 5.32 Å². The number of nitrogens with one attached hydrogen (secondary N) is 1. The Bertz CT molecular complexity index is 333. The van der Waals surface area contributed by atoms with Gasteiger partial charge < -0.3 is 26.8 Å². The molecular weight excluding hydrogens is 228 g/mol. The summed E-state index contributed by atoms with van der Waals surface area (Å²) in [6.45, 7) is 0.866. The van der Waals surface area contributed by atoms with Crippen molar-refractivity contribution >= 4 is 17.9 Å². The zero-order valence-electron chi connectivity index (χ0n) is 9.26. The molecule has 0 bridgehead atoms. The molecule has 96 valence electrons. The summed E-state index contributed by atoms with van der Waals surface area (Å²) in [6, 6.07) is -1.91. The summed E-state index contributed by atoms with van der Waals surface area (Å²) in [7, 11) is 0. The highest BCUT2D eigenvalue weighted by molar-refractivity contribution is 5.87. The molecule has 0 aromatic rings. The first-order chi connectivity index (χ1) is 7.90. The van der Waals surface area contributed by atoms with E-state index in [1.165, 1.54) is 4.90 Å². The number of carboxylic acid groups (broad SMARTS) is 1. The second-order valence-electron chi connectivity index (χ2n) is 4.01. The third-order valence-electron chi connectivity index (χ3n) is 2.51. The Balaban J connectivity index is 2.52. The molecule has 1 aliphatic rings. The number of nitrogens with zero attached hydrogens (tertiary/aromatic N) is 1. The minimum atomic E-state index is -1.29. The van der Waals surface area contributed by atoms with Crippen LogP contribution < -0.4 is 16.8 Å². The molecule has 3 amide bonds. The van der Waals surface area contributed by atoms with Crippen LogP contribution in [0.1, 0.15) is 12.8 Å². The zero-order chi connectivity index (χ0) is 13.0. The number of carboxylic acids is 1. The van der Waals surface area contributed by atoms with Crippen molar-refractivity contribution in [3.05, 3.63) is 0 Å². The SMILES string of the molecule is NC(=O)CC(NC(=O)N1CCC(N)C1)C(=O)O. The molecule has 1 fully saturated rings. The zero-order valence-corrected chi connectivity index (χ0v) is 9.26. The number of rotatable bonds is 4. The third kappa shape index (κ3) is 3.91. The highest BCUT2D eigenvalue weighted by Crippen LogP contribution is 2.07. The van der Waals surface area contributed by atoms with Gasteiger partial charge in [0.15, 0.2) is 0 Å². The second kappa shape index (κ2) is 5.48. The first-order valence-corrected chi connectivity index (χ1v) is 5.22. The average Bonchev–Trinajstić information content (AvgIpc) is 2.63. The van der Waals surface area contributed by atoms with Crippen molar-refractivity contribution in [2.24, 2.45) is 11.5 Å². The normalized spacial score (nSPS) is 21.0. The van der Waals surface area contributed by atoms with Gasteiger partial charge in [0.2, 0.25) is 5.91 Å². The molecule has 0 aliphatic carbocycles. The molecule has 8 heteroatoms. The topological polar surface area (TPSA) is 139 Å². The van der Waals surface area contributed by atoms with E-state index in [-0.39, 0.29) is 6.04 Å². The Kier molecular flexibility index (Phi) is 4.27. The van der Waals surface area contributed by atoms with Crippen molar-refractivity contribution in [1.82, 2.24) is 10.2 Å². The summed E-state index contributed by atoms with van der Waals surface area (Å²) >= 11 is 0. The maximum Gasteiger partial charge on any atom is 0.326 e. The quantitative estimate of drug-likeness (QED) is 0.455. The highest BCUT2D eigenvalue weighted by Gasteiger charge is 2.28. The smallest absolute Gasteiger partial charge is 0.326 e. The van der Waals surface area contributed by atoms with E-state index in [0.717, 1.165) is 0 Å². The van der Waals surface area contributed by atoms with Crippen LogP contribution in [0.5, 0.6) is 0 Å². The molecule has 1 aliphatic heterocycles. The first kappa shape index (κ1) is 13.2. The number of hydrogen-bond donors (Lipinski definition) is 4. The number of nitrogens with two attached hydrogens (primary N) is 2. The van der Waals surface area contributed by atoms with Crippen LogP contribution in [0.4, 0.5) is 4.79 Å². The van der Waals surface area contributed by atoms with Crippen molar-refractivity contribution < 1.29 is 19.5 Å². The Morgan fingerprint density at radius 1 is 1.47 bits per heavy atom. The van der Waals surface area contributed by atoms with Crippen LogP contribution in [0.2, 0.25) is 0 Å². The van der Waals surface area contributed by atoms with E-state index in [1.54, 1.807) is 0 Å². The summed E-state index contributed by atoms with van der Waals surface area (Å²) in [5, 5.41) is 11.0. The predicted octanol–water partition coefficient (Wildman–Crippen LogP) is -1.94. The van der Waals surface area contributed by atoms with Crippen LogP contribution in [-0.4, -0.2) is 53.1 Å². The molecule has 17 heavy (non-hydrogen) atoms. The van der Waals surface area contributed by atoms with Gasteiger partial charge in [-0.25, -0.2) is 9.59 Å². The van der Waals surface area contributed by atoms with Gasteiger partial charge in [0.25, 0.3) is 0 Å². The van der Waals surface area contributed by atoms with E-state index in [1.807, 2.05) is 0 Å². The van der Waals surface area contributed by atoms with Crippen molar-refractivity contribution in [2.75, 3.05) is 13.1 Å². The fraction of sp³-hybridized carbons (Fsp3) is 0.667. The van der Waals surface area contributed by atoms with Gasteiger partial charge in [-0.2, -0.15) is 0 Å². The van der Waals surface area contributed by atoms with Gasteiger partial charge in [-0.1, -0.05) is 0 Å². The monoisotopic (exact) mass is 244 g/mol. The number of primary amides is 1. The molecular formula is C9H16N4O4. The Morgan fingerprint density at radius 3 is 2.53 bits per heavy atom. The molecule has 1 heterocycles. The number of hydrogen-bond acceptors (Lipinski definition) is 4. The Hall–Kier alpha value is -1.83. The summed E-state index contributed by atoms with van der Waals surface area (Å²) in [5.41, 5.74) is 10.5. The van der Waals surface area contributed by atoms with Crippen molar-refractivity contribution in [1.29, 1.82) is 0 Å². The fourth-order valence-electron chi connectivity index (χ4n) is 1.61. The summed E-state index contributed by atoms with van der Waals surface area (Å²) in [4.78, 5) is 34.5. The molecule has 0 aromatic carbocycles. The minimum absolute atomic E-state index is 0.0832. The lowest BCUT2D eigenvalue weighted by molar-refractivity contribution is -0.140. The van der Waals surface area contributed by atoms with Gasteiger partial charge in [-0.3, -0.25) is 4.79 Å².